The molecule has 0 saturated heterocycles. The second kappa shape index (κ2) is 9.29. The van der Waals surface area contributed by atoms with Crippen molar-refractivity contribution in [1.29, 1.82) is 0 Å². The highest BCUT2D eigenvalue weighted by Gasteiger charge is 2.48. The molecule has 0 heterocycles. The molecule has 122 valence electrons. The Balaban J connectivity index is 2.23. The minimum atomic E-state index is -2.84. The van der Waals surface area contributed by atoms with Crippen molar-refractivity contribution in [2.75, 3.05) is 12.8 Å². The standard InChI is InChI=1S/C18H22O4P/c1-2-3-15-20-23(16-14-19,21-17-10-6-4-7-11-17)22-18-12-8-5-9-13-18/h4-14H,2-3,15-16H2,1H3/q+1. The van der Waals surface area contributed by atoms with Crippen LogP contribution in [0.15, 0.2) is 60.7 Å². The Morgan fingerprint density at radius 2 is 1.43 bits per heavy atom. The van der Waals surface area contributed by atoms with Gasteiger partial charge in [-0.25, -0.2) is 0 Å². The highest BCUT2D eigenvalue weighted by atomic mass is 31.2. The van der Waals surface area contributed by atoms with Gasteiger partial charge in [-0.15, -0.1) is 0 Å². The van der Waals surface area contributed by atoms with E-state index in [4.69, 9.17) is 13.6 Å². The molecule has 0 bridgehead atoms. The molecule has 2 aromatic carbocycles. The van der Waals surface area contributed by atoms with Crippen LogP contribution < -0.4 is 9.05 Å². The first kappa shape index (κ1) is 17.5. The van der Waals surface area contributed by atoms with E-state index in [2.05, 4.69) is 6.92 Å². The molecule has 0 spiro atoms. The van der Waals surface area contributed by atoms with Crippen molar-refractivity contribution >= 4 is 14.2 Å². The van der Waals surface area contributed by atoms with Crippen LogP contribution in [0, 0.1) is 0 Å². The van der Waals surface area contributed by atoms with E-state index >= 15 is 0 Å². The lowest BCUT2D eigenvalue weighted by Gasteiger charge is -2.21. The predicted molar refractivity (Wildman–Crippen MR) is 92.9 cm³/mol. The van der Waals surface area contributed by atoms with Gasteiger partial charge in [0.15, 0.2) is 17.8 Å². The molecule has 2 rings (SSSR count). The molecule has 0 N–H and O–H groups in total. The smallest absolute Gasteiger partial charge is 0.299 e. The van der Waals surface area contributed by atoms with Crippen LogP contribution in [0.5, 0.6) is 11.5 Å². The molecule has 0 aromatic heterocycles. The van der Waals surface area contributed by atoms with Crippen molar-refractivity contribution in [3.05, 3.63) is 60.7 Å². The second-order valence-electron chi connectivity index (χ2n) is 4.96. The number of hydrogen-bond acceptors (Lipinski definition) is 4. The summed E-state index contributed by atoms with van der Waals surface area (Å²) in [6, 6.07) is 18.6. The minimum absolute atomic E-state index is 0.0838. The van der Waals surface area contributed by atoms with Gasteiger partial charge in [0.25, 0.3) is 0 Å². The van der Waals surface area contributed by atoms with Gasteiger partial charge in [0.2, 0.25) is 6.16 Å². The summed E-state index contributed by atoms with van der Waals surface area (Å²) >= 11 is 0. The summed E-state index contributed by atoms with van der Waals surface area (Å²) in [5, 5.41) is 0. The first-order chi connectivity index (χ1) is 11.3. The third kappa shape index (κ3) is 5.66. The van der Waals surface area contributed by atoms with E-state index in [0.29, 0.717) is 18.1 Å². The zero-order valence-corrected chi connectivity index (χ0v) is 14.2. The number of carbonyl (C=O) groups is 1. The maximum Gasteiger partial charge on any atom is 0.504 e. The SMILES string of the molecule is CCCCO[P+](CC=O)(Oc1ccccc1)Oc1ccccc1. The number of aldehydes is 1. The molecule has 23 heavy (non-hydrogen) atoms. The molecule has 5 heteroatoms. The van der Waals surface area contributed by atoms with E-state index in [-0.39, 0.29) is 6.16 Å². The summed E-state index contributed by atoms with van der Waals surface area (Å²) in [6.07, 6.45) is 2.76. The molecule has 0 fully saturated rings. The van der Waals surface area contributed by atoms with Crippen molar-refractivity contribution in [1.82, 2.24) is 0 Å². The molecule has 0 unspecified atom stereocenters. The van der Waals surface area contributed by atoms with Crippen LogP contribution in [-0.4, -0.2) is 19.1 Å². The molecule has 0 saturated carbocycles. The first-order valence-electron chi connectivity index (χ1n) is 7.73. The number of rotatable bonds is 10. The average Bonchev–Trinajstić information content (AvgIpc) is 2.57. The Morgan fingerprint density at radius 3 is 1.87 bits per heavy atom. The molecule has 0 amide bonds. The van der Waals surface area contributed by atoms with Gasteiger partial charge < -0.3 is 0 Å². The molecule has 4 nitrogen and oxygen atoms in total. The van der Waals surface area contributed by atoms with Gasteiger partial charge >= 0.3 is 7.94 Å². The number of carbonyl (C=O) groups excluding carboxylic acids is 1. The first-order valence-corrected chi connectivity index (χ1v) is 9.46. The fourth-order valence-electron chi connectivity index (χ4n) is 1.92. The lowest BCUT2D eigenvalue weighted by atomic mass is 10.3. The van der Waals surface area contributed by atoms with Crippen LogP contribution >= 0.6 is 7.94 Å². The van der Waals surface area contributed by atoms with E-state index in [1.807, 2.05) is 60.7 Å². The maximum atomic E-state index is 11.2. The zero-order chi connectivity index (χ0) is 16.4. The molecule has 0 aliphatic carbocycles. The van der Waals surface area contributed by atoms with Crippen LogP contribution in [-0.2, 0) is 9.32 Å². The van der Waals surface area contributed by atoms with Gasteiger partial charge in [-0.1, -0.05) is 49.7 Å². The fourth-order valence-corrected chi connectivity index (χ4v) is 3.79. The van der Waals surface area contributed by atoms with Gasteiger partial charge in [0.05, 0.1) is 6.61 Å². The maximum absolute atomic E-state index is 11.2. The number of para-hydroxylation sites is 2. The van der Waals surface area contributed by atoms with Crippen LogP contribution in [0.25, 0.3) is 0 Å². The average molecular weight is 333 g/mol. The van der Waals surface area contributed by atoms with Gasteiger partial charge in [0.1, 0.15) is 0 Å². The van der Waals surface area contributed by atoms with Gasteiger partial charge in [-0.2, -0.15) is 4.52 Å². The molecule has 0 radical (unpaired) electrons. The third-order valence-corrected chi connectivity index (χ3v) is 5.21. The summed E-state index contributed by atoms with van der Waals surface area (Å²) in [5.41, 5.74) is 0. The number of hydrogen-bond donors (Lipinski definition) is 0. The zero-order valence-electron chi connectivity index (χ0n) is 13.3. The Labute approximate surface area is 138 Å². The van der Waals surface area contributed by atoms with Crippen molar-refractivity contribution in [2.45, 2.75) is 19.8 Å². The Hall–Kier alpha value is -1.90. The summed E-state index contributed by atoms with van der Waals surface area (Å²) in [6.45, 7) is 2.58. The number of benzene rings is 2. The van der Waals surface area contributed by atoms with Crippen LogP contribution in [0.3, 0.4) is 0 Å². The highest BCUT2D eigenvalue weighted by molar-refractivity contribution is 7.63. The summed E-state index contributed by atoms with van der Waals surface area (Å²) < 4.78 is 18.0. The lowest BCUT2D eigenvalue weighted by molar-refractivity contribution is -0.106. The predicted octanol–water partition coefficient (Wildman–Crippen LogP) is 4.92. The summed E-state index contributed by atoms with van der Waals surface area (Å²) in [5.74, 6) is 1.27. The fraction of sp³-hybridized carbons (Fsp3) is 0.278. The molecular weight excluding hydrogens is 311 g/mol. The van der Waals surface area contributed by atoms with Crippen molar-refractivity contribution in [2.24, 2.45) is 0 Å². The van der Waals surface area contributed by atoms with E-state index in [9.17, 15) is 4.79 Å². The Kier molecular flexibility index (Phi) is 7.05. The summed E-state index contributed by atoms with van der Waals surface area (Å²) in [4.78, 5) is 11.2. The van der Waals surface area contributed by atoms with E-state index in [1.165, 1.54) is 0 Å². The van der Waals surface area contributed by atoms with Crippen molar-refractivity contribution in [3.63, 3.8) is 0 Å². The normalized spacial score (nSPS) is 11.0. The van der Waals surface area contributed by atoms with Crippen molar-refractivity contribution < 1.29 is 18.4 Å². The van der Waals surface area contributed by atoms with E-state index in [1.54, 1.807) is 0 Å². The van der Waals surface area contributed by atoms with Crippen LogP contribution in [0.2, 0.25) is 0 Å². The molecule has 0 atom stereocenters. The quantitative estimate of drug-likeness (QED) is 0.351. The Morgan fingerprint density at radius 1 is 0.913 bits per heavy atom. The van der Waals surface area contributed by atoms with Gasteiger partial charge in [0, 0.05) is 0 Å². The minimum Gasteiger partial charge on any atom is -0.299 e. The van der Waals surface area contributed by atoms with E-state index in [0.717, 1.165) is 19.1 Å². The molecule has 0 aliphatic heterocycles. The molecule has 0 aliphatic rings. The van der Waals surface area contributed by atoms with E-state index < -0.39 is 7.94 Å². The largest absolute Gasteiger partial charge is 0.504 e. The van der Waals surface area contributed by atoms with Crippen LogP contribution in [0.1, 0.15) is 19.8 Å². The Bertz CT molecular complexity index is 533. The monoisotopic (exact) mass is 333 g/mol. The lowest BCUT2D eigenvalue weighted by Crippen LogP contribution is -2.17. The second-order valence-corrected chi connectivity index (χ2v) is 7.17. The van der Waals surface area contributed by atoms with Gasteiger partial charge in [-0.05, 0) is 30.7 Å². The summed E-state index contributed by atoms with van der Waals surface area (Å²) in [7, 11) is -2.84. The van der Waals surface area contributed by atoms with Crippen LogP contribution in [0.4, 0.5) is 0 Å². The topological polar surface area (TPSA) is 44.8 Å². The van der Waals surface area contributed by atoms with Gasteiger partial charge in [-0.3, -0.25) is 13.8 Å². The third-order valence-electron chi connectivity index (χ3n) is 3.06. The molecular formula is C18H22O4P+. The number of unbranched alkanes of at least 4 members (excludes halogenated alkanes) is 1. The van der Waals surface area contributed by atoms with Crippen molar-refractivity contribution in [3.8, 4) is 11.5 Å². The highest BCUT2D eigenvalue weighted by Crippen LogP contribution is 2.60. The molecule has 2 aromatic rings.